The Morgan fingerprint density at radius 3 is 2.48 bits per heavy atom. The van der Waals surface area contributed by atoms with Gasteiger partial charge in [-0.15, -0.1) is 0 Å². The average molecular weight is 344 g/mol. The minimum absolute atomic E-state index is 0.0637. The summed E-state index contributed by atoms with van der Waals surface area (Å²) in [7, 11) is 1.89. The lowest BCUT2D eigenvalue weighted by Crippen LogP contribution is -2.34. The van der Waals surface area contributed by atoms with Gasteiger partial charge in [0.15, 0.2) is 0 Å². The first-order valence-corrected chi connectivity index (χ1v) is 8.22. The topological polar surface area (TPSA) is 96.3 Å². The van der Waals surface area contributed by atoms with Crippen molar-refractivity contribution in [3.05, 3.63) is 46.8 Å². The first-order valence-electron chi connectivity index (χ1n) is 8.22. The predicted octanol–water partition coefficient (Wildman–Crippen LogP) is 1.22. The fourth-order valence-corrected chi connectivity index (χ4v) is 2.65. The summed E-state index contributed by atoms with van der Waals surface area (Å²) in [5.41, 5.74) is 3.34. The molecule has 2 amide bonds. The zero-order valence-electron chi connectivity index (χ0n) is 14.8. The van der Waals surface area contributed by atoms with E-state index in [0.29, 0.717) is 25.9 Å². The number of rotatable bonds is 7. The molecule has 0 radical (unpaired) electrons. The molecule has 0 atom stereocenters. The largest absolute Gasteiger partial charge is 0.507 e. The lowest BCUT2D eigenvalue weighted by molar-refractivity contribution is -0.121. The van der Waals surface area contributed by atoms with E-state index in [4.69, 9.17) is 0 Å². The van der Waals surface area contributed by atoms with E-state index in [1.54, 1.807) is 18.2 Å². The monoisotopic (exact) mass is 344 g/mol. The summed E-state index contributed by atoms with van der Waals surface area (Å²) in [5, 5.41) is 19.4. The highest BCUT2D eigenvalue weighted by Gasteiger charge is 2.12. The second-order valence-corrected chi connectivity index (χ2v) is 5.90. The number of para-hydroxylation sites is 1. The van der Waals surface area contributed by atoms with Crippen LogP contribution in [0.2, 0.25) is 0 Å². The Balaban J connectivity index is 1.70. The minimum Gasteiger partial charge on any atom is -0.507 e. The average Bonchev–Trinajstić information content (AvgIpc) is 2.82. The third-order valence-corrected chi connectivity index (χ3v) is 4.14. The number of nitrogens with zero attached hydrogens (tertiary/aromatic N) is 2. The van der Waals surface area contributed by atoms with Crippen molar-refractivity contribution in [2.75, 3.05) is 13.1 Å². The van der Waals surface area contributed by atoms with Crippen molar-refractivity contribution >= 4 is 11.8 Å². The van der Waals surface area contributed by atoms with Gasteiger partial charge in [-0.3, -0.25) is 14.3 Å². The number of nitrogens with one attached hydrogen (secondary N) is 2. The first-order chi connectivity index (χ1) is 11.9. The lowest BCUT2D eigenvalue weighted by Gasteiger charge is -2.08. The third kappa shape index (κ3) is 4.82. The van der Waals surface area contributed by atoms with E-state index in [9.17, 15) is 14.7 Å². The molecule has 0 saturated heterocycles. The van der Waals surface area contributed by atoms with Crippen molar-refractivity contribution in [2.45, 2.75) is 26.7 Å². The molecular weight excluding hydrogens is 320 g/mol. The molecule has 0 bridgehead atoms. The molecule has 134 valence electrons. The summed E-state index contributed by atoms with van der Waals surface area (Å²) < 4.78 is 1.82. The molecule has 7 nitrogen and oxygen atoms in total. The number of aryl methyl sites for hydroxylation is 2. The summed E-state index contributed by atoms with van der Waals surface area (Å²) >= 11 is 0. The Labute approximate surface area is 147 Å². The standard InChI is InChI=1S/C18H24N4O3/c1-12-14(13(2)22(3)21-12)8-9-17(24)19-10-11-20-18(25)15-6-4-5-7-16(15)23/h4-7,23H,8-11H2,1-3H3,(H,19,24)(H,20,25). The molecule has 1 heterocycles. The SMILES string of the molecule is Cc1nn(C)c(C)c1CCC(=O)NCCNC(=O)c1ccccc1O. The molecule has 7 heteroatoms. The van der Waals surface area contributed by atoms with Crippen molar-refractivity contribution < 1.29 is 14.7 Å². The maximum Gasteiger partial charge on any atom is 0.255 e. The Morgan fingerprint density at radius 1 is 1.16 bits per heavy atom. The van der Waals surface area contributed by atoms with E-state index in [1.165, 1.54) is 6.07 Å². The zero-order valence-corrected chi connectivity index (χ0v) is 14.8. The molecule has 3 N–H and O–H groups in total. The predicted molar refractivity (Wildman–Crippen MR) is 94.5 cm³/mol. The summed E-state index contributed by atoms with van der Waals surface area (Å²) in [5.74, 6) is -0.500. The molecule has 25 heavy (non-hydrogen) atoms. The van der Waals surface area contributed by atoms with E-state index < -0.39 is 0 Å². The van der Waals surface area contributed by atoms with Crippen molar-refractivity contribution in [2.24, 2.45) is 7.05 Å². The highest BCUT2D eigenvalue weighted by atomic mass is 16.3. The number of carbonyl (C=O) groups excluding carboxylic acids is 2. The van der Waals surface area contributed by atoms with Gasteiger partial charge in [0.25, 0.3) is 5.91 Å². The molecule has 0 fully saturated rings. The number of hydrogen-bond donors (Lipinski definition) is 3. The number of phenolic OH excluding ortho intramolecular Hbond substituents is 1. The third-order valence-electron chi connectivity index (χ3n) is 4.14. The Morgan fingerprint density at radius 2 is 1.84 bits per heavy atom. The normalized spacial score (nSPS) is 10.5. The van der Waals surface area contributed by atoms with Crippen LogP contribution in [0, 0.1) is 13.8 Å². The summed E-state index contributed by atoms with van der Waals surface area (Å²) in [6.45, 7) is 4.56. The van der Waals surface area contributed by atoms with Crippen LogP contribution < -0.4 is 10.6 Å². The van der Waals surface area contributed by atoms with Gasteiger partial charge in [0.2, 0.25) is 5.91 Å². The molecule has 2 aromatic rings. The number of hydrogen-bond acceptors (Lipinski definition) is 4. The van der Waals surface area contributed by atoms with Gasteiger partial charge in [-0.25, -0.2) is 0 Å². The van der Waals surface area contributed by atoms with Crippen LogP contribution in [-0.4, -0.2) is 39.8 Å². The van der Waals surface area contributed by atoms with E-state index in [2.05, 4.69) is 15.7 Å². The van der Waals surface area contributed by atoms with Crippen LogP contribution >= 0.6 is 0 Å². The molecule has 0 saturated carbocycles. The van der Waals surface area contributed by atoms with Crippen molar-refractivity contribution in [3.8, 4) is 5.75 Å². The summed E-state index contributed by atoms with van der Waals surface area (Å²) in [6, 6.07) is 6.33. The van der Waals surface area contributed by atoms with Gasteiger partial charge in [-0.05, 0) is 38.0 Å². The number of benzene rings is 1. The van der Waals surface area contributed by atoms with E-state index in [0.717, 1.165) is 17.0 Å². The van der Waals surface area contributed by atoms with Crippen LogP contribution in [0.15, 0.2) is 24.3 Å². The second-order valence-electron chi connectivity index (χ2n) is 5.90. The Bertz CT molecular complexity index is 768. The number of carbonyl (C=O) groups is 2. The van der Waals surface area contributed by atoms with E-state index >= 15 is 0 Å². The maximum absolute atomic E-state index is 11.9. The number of amides is 2. The van der Waals surface area contributed by atoms with Gasteiger partial charge < -0.3 is 15.7 Å². The molecule has 0 aliphatic rings. The fourth-order valence-electron chi connectivity index (χ4n) is 2.65. The first kappa shape index (κ1) is 18.5. The molecule has 0 aliphatic heterocycles. The summed E-state index contributed by atoms with van der Waals surface area (Å²) in [4.78, 5) is 23.8. The minimum atomic E-state index is -0.367. The van der Waals surface area contributed by atoms with Crippen molar-refractivity contribution in [1.82, 2.24) is 20.4 Å². The number of aromatic hydroxyl groups is 1. The van der Waals surface area contributed by atoms with Crippen LogP contribution in [-0.2, 0) is 18.3 Å². The Kier molecular flexibility index (Phi) is 6.16. The molecule has 2 rings (SSSR count). The maximum atomic E-state index is 11.9. The highest BCUT2D eigenvalue weighted by Crippen LogP contribution is 2.15. The molecule has 0 unspecified atom stereocenters. The van der Waals surface area contributed by atoms with Gasteiger partial charge in [0.1, 0.15) is 5.75 Å². The van der Waals surface area contributed by atoms with Crippen LogP contribution in [0.3, 0.4) is 0 Å². The van der Waals surface area contributed by atoms with Crippen LogP contribution in [0.4, 0.5) is 0 Å². The van der Waals surface area contributed by atoms with Crippen molar-refractivity contribution in [1.29, 1.82) is 0 Å². The molecule has 0 aliphatic carbocycles. The molecule has 0 spiro atoms. The van der Waals surface area contributed by atoms with Crippen molar-refractivity contribution in [3.63, 3.8) is 0 Å². The summed E-state index contributed by atoms with van der Waals surface area (Å²) in [6.07, 6.45) is 1.02. The van der Waals surface area contributed by atoms with Gasteiger partial charge in [0.05, 0.1) is 11.3 Å². The molecule has 1 aromatic heterocycles. The van der Waals surface area contributed by atoms with Crippen LogP contribution in [0.1, 0.15) is 33.7 Å². The molecular formula is C18H24N4O3. The highest BCUT2D eigenvalue weighted by molar-refractivity contribution is 5.96. The van der Waals surface area contributed by atoms with E-state index in [1.807, 2.05) is 25.6 Å². The van der Waals surface area contributed by atoms with Gasteiger partial charge >= 0.3 is 0 Å². The van der Waals surface area contributed by atoms with Crippen LogP contribution in [0.25, 0.3) is 0 Å². The van der Waals surface area contributed by atoms with Crippen LogP contribution in [0.5, 0.6) is 5.75 Å². The quantitative estimate of drug-likeness (QED) is 0.658. The number of aromatic nitrogens is 2. The lowest BCUT2D eigenvalue weighted by atomic mass is 10.1. The smallest absolute Gasteiger partial charge is 0.255 e. The van der Waals surface area contributed by atoms with Gasteiger partial charge in [-0.1, -0.05) is 12.1 Å². The van der Waals surface area contributed by atoms with Gasteiger partial charge in [-0.2, -0.15) is 5.10 Å². The Hall–Kier alpha value is -2.83. The fraction of sp³-hybridized carbons (Fsp3) is 0.389. The second kappa shape index (κ2) is 8.32. The van der Waals surface area contributed by atoms with Gasteiger partial charge in [0, 0.05) is 32.3 Å². The zero-order chi connectivity index (χ0) is 18.4. The number of phenols is 1. The van der Waals surface area contributed by atoms with E-state index in [-0.39, 0.29) is 23.1 Å². The molecule has 1 aromatic carbocycles.